The fourth-order valence-corrected chi connectivity index (χ4v) is 3.40. The van der Waals surface area contributed by atoms with Crippen LogP contribution in [0.25, 0.3) is 0 Å². The van der Waals surface area contributed by atoms with Crippen LogP contribution in [0.3, 0.4) is 0 Å². The van der Waals surface area contributed by atoms with Crippen LogP contribution in [0.4, 0.5) is 5.69 Å². The molecule has 1 aliphatic rings. The maximum atomic E-state index is 12.8. The zero-order valence-electron chi connectivity index (χ0n) is 15.7. The van der Waals surface area contributed by atoms with Gasteiger partial charge in [0.05, 0.1) is 32.8 Å². The van der Waals surface area contributed by atoms with Crippen molar-refractivity contribution in [2.45, 2.75) is 12.5 Å². The van der Waals surface area contributed by atoms with Crippen LogP contribution in [0.15, 0.2) is 48.5 Å². The van der Waals surface area contributed by atoms with E-state index in [0.29, 0.717) is 29.4 Å². The minimum Gasteiger partial charge on any atom is -0.469 e. The number of carbonyl (C=O) groups is 2. The zero-order valence-corrected chi connectivity index (χ0v) is 16.4. The normalized spacial score (nSPS) is 15.0. The van der Waals surface area contributed by atoms with Gasteiger partial charge in [0.2, 0.25) is 0 Å². The first kappa shape index (κ1) is 20.2. The largest absolute Gasteiger partial charge is 0.469 e. The van der Waals surface area contributed by atoms with E-state index in [-0.39, 0.29) is 12.3 Å². The van der Waals surface area contributed by atoms with Crippen molar-refractivity contribution in [3.05, 3.63) is 64.7 Å². The van der Waals surface area contributed by atoms with Gasteiger partial charge in [0.1, 0.15) is 0 Å². The Morgan fingerprint density at radius 2 is 1.82 bits per heavy atom. The van der Waals surface area contributed by atoms with Gasteiger partial charge in [-0.25, -0.2) is 0 Å². The average Bonchev–Trinajstić information content (AvgIpc) is 2.74. The molecule has 0 radical (unpaired) electrons. The molecule has 1 fully saturated rings. The Morgan fingerprint density at radius 1 is 1.14 bits per heavy atom. The lowest BCUT2D eigenvalue weighted by atomic mass is 10.0. The molecule has 0 spiro atoms. The second-order valence-corrected chi connectivity index (χ2v) is 6.88. The molecule has 1 amide bonds. The number of nitrogens with one attached hydrogen (secondary N) is 1. The zero-order chi connectivity index (χ0) is 19.9. The molecule has 7 heteroatoms. The average molecular weight is 403 g/mol. The second kappa shape index (κ2) is 9.57. The van der Waals surface area contributed by atoms with Crippen LogP contribution >= 0.6 is 11.6 Å². The number of benzene rings is 2. The van der Waals surface area contributed by atoms with Crippen molar-refractivity contribution >= 4 is 29.2 Å². The van der Waals surface area contributed by atoms with Crippen molar-refractivity contribution in [1.82, 2.24) is 5.32 Å². The topological polar surface area (TPSA) is 67.9 Å². The van der Waals surface area contributed by atoms with E-state index in [1.54, 1.807) is 30.3 Å². The van der Waals surface area contributed by atoms with Gasteiger partial charge in [-0.05, 0) is 35.9 Å². The van der Waals surface area contributed by atoms with Crippen LogP contribution in [-0.4, -0.2) is 45.3 Å². The van der Waals surface area contributed by atoms with Crippen molar-refractivity contribution in [1.29, 1.82) is 0 Å². The summed E-state index contributed by atoms with van der Waals surface area (Å²) >= 11 is 6.26. The Morgan fingerprint density at radius 3 is 2.46 bits per heavy atom. The first-order valence-corrected chi connectivity index (χ1v) is 9.51. The smallest absolute Gasteiger partial charge is 0.307 e. The summed E-state index contributed by atoms with van der Waals surface area (Å²) in [6, 6.07) is 14.0. The van der Waals surface area contributed by atoms with Crippen LogP contribution in [-0.2, 0) is 14.3 Å². The summed E-state index contributed by atoms with van der Waals surface area (Å²) in [5.74, 6) is -0.699. The molecule has 1 N–H and O–H groups in total. The molecule has 148 valence electrons. The van der Waals surface area contributed by atoms with E-state index in [2.05, 4.69) is 10.2 Å². The van der Waals surface area contributed by atoms with E-state index in [0.717, 1.165) is 18.8 Å². The molecule has 0 aliphatic carbocycles. The molecule has 3 rings (SSSR count). The Kier molecular flexibility index (Phi) is 6.90. The third-order valence-electron chi connectivity index (χ3n) is 4.69. The SMILES string of the molecule is COC(=O)CC(NC(=O)c1ccc(N2CCOCC2)cc1)c1ccccc1Cl. The third kappa shape index (κ3) is 5.03. The number of anilines is 1. The minimum absolute atomic E-state index is 0.00215. The Balaban J connectivity index is 1.74. The first-order chi connectivity index (χ1) is 13.6. The lowest BCUT2D eigenvalue weighted by Crippen LogP contribution is -2.36. The van der Waals surface area contributed by atoms with Gasteiger partial charge in [0, 0.05) is 29.4 Å². The van der Waals surface area contributed by atoms with Crippen LogP contribution < -0.4 is 10.2 Å². The van der Waals surface area contributed by atoms with Gasteiger partial charge in [-0.1, -0.05) is 29.8 Å². The van der Waals surface area contributed by atoms with E-state index in [9.17, 15) is 9.59 Å². The highest BCUT2D eigenvalue weighted by Crippen LogP contribution is 2.26. The van der Waals surface area contributed by atoms with Crippen molar-refractivity contribution in [3.63, 3.8) is 0 Å². The molecule has 0 saturated carbocycles. The van der Waals surface area contributed by atoms with Crippen LogP contribution in [0.2, 0.25) is 5.02 Å². The number of morpholine rings is 1. The van der Waals surface area contributed by atoms with Crippen molar-refractivity contribution < 1.29 is 19.1 Å². The van der Waals surface area contributed by atoms with E-state index < -0.39 is 12.0 Å². The Bertz CT molecular complexity index is 819. The molecule has 1 saturated heterocycles. The van der Waals surface area contributed by atoms with Crippen LogP contribution in [0.1, 0.15) is 28.4 Å². The monoisotopic (exact) mass is 402 g/mol. The maximum absolute atomic E-state index is 12.8. The molecule has 2 aromatic rings. The number of halogens is 1. The van der Waals surface area contributed by atoms with Gasteiger partial charge in [-0.2, -0.15) is 0 Å². The highest BCUT2D eigenvalue weighted by Gasteiger charge is 2.22. The van der Waals surface area contributed by atoms with E-state index in [1.165, 1.54) is 7.11 Å². The summed E-state index contributed by atoms with van der Waals surface area (Å²) < 4.78 is 10.1. The number of rotatable bonds is 6. The predicted octanol–water partition coefficient (Wildman–Crippen LogP) is 3.21. The summed E-state index contributed by atoms with van der Waals surface area (Å²) in [7, 11) is 1.32. The molecule has 0 aromatic heterocycles. The summed E-state index contributed by atoms with van der Waals surface area (Å²) in [6.45, 7) is 3.07. The fraction of sp³-hybridized carbons (Fsp3) is 0.333. The molecule has 28 heavy (non-hydrogen) atoms. The lowest BCUT2D eigenvalue weighted by Gasteiger charge is -2.29. The Labute approximate surface area is 169 Å². The van der Waals surface area contributed by atoms with E-state index in [1.807, 2.05) is 18.2 Å². The molecule has 1 unspecified atom stereocenters. The van der Waals surface area contributed by atoms with Gasteiger partial charge in [-0.15, -0.1) is 0 Å². The van der Waals surface area contributed by atoms with Gasteiger partial charge in [0.25, 0.3) is 5.91 Å². The molecule has 2 aromatic carbocycles. The maximum Gasteiger partial charge on any atom is 0.307 e. The number of ether oxygens (including phenoxy) is 2. The standard InChI is InChI=1S/C21H23ClN2O4/c1-27-20(25)14-19(17-4-2-3-5-18(17)22)23-21(26)15-6-8-16(9-7-15)24-10-12-28-13-11-24/h2-9,19H,10-14H2,1H3,(H,23,26). The van der Waals surface area contributed by atoms with Crippen molar-refractivity contribution in [2.24, 2.45) is 0 Å². The van der Waals surface area contributed by atoms with Crippen molar-refractivity contribution in [3.8, 4) is 0 Å². The summed E-state index contributed by atoms with van der Waals surface area (Å²) in [6.07, 6.45) is -0.00215. The lowest BCUT2D eigenvalue weighted by molar-refractivity contribution is -0.141. The number of hydrogen-bond acceptors (Lipinski definition) is 5. The fourth-order valence-electron chi connectivity index (χ4n) is 3.13. The Hall–Kier alpha value is -2.57. The highest BCUT2D eigenvalue weighted by atomic mass is 35.5. The number of carbonyl (C=O) groups excluding carboxylic acids is 2. The quantitative estimate of drug-likeness (QED) is 0.751. The number of amides is 1. The van der Waals surface area contributed by atoms with Crippen LogP contribution in [0, 0.1) is 0 Å². The first-order valence-electron chi connectivity index (χ1n) is 9.13. The highest BCUT2D eigenvalue weighted by molar-refractivity contribution is 6.31. The molecule has 1 atom stereocenters. The van der Waals surface area contributed by atoms with Gasteiger partial charge >= 0.3 is 5.97 Å². The van der Waals surface area contributed by atoms with Gasteiger partial charge < -0.3 is 19.7 Å². The van der Waals surface area contributed by atoms with E-state index in [4.69, 9.17) is 21.1 Å². The summed E-state index contributed by atoms with van der Waals surface area (Å²) in [4.78, 5) is 26.8. The van der Waals surface area contributed by atoms with Crippen LogP contribution in [0.5, 0.6) is 0 Å². The molecule has 1 aliphatic heterocycles. The molecular weight excluding hydrogens is 380 g/mol. The second-order valence-electron chi connectivity index (χ2n) is 6.47. The summed E-state index contributed by atoms with van der Waals surface area (Å²) in [5.41, 5.74) is 2.24. The predicted molar refractivity (Wildman–Crippen MR) is 108 cm³/mol. The molecule has 1 heterocycles. The number of methoxy groups -OCH3 is 1. The minimum atomic E-state index is -0.576. The molecule has 6 nitrogen and oxygen atoms in total. The van der Waals surface area contributed by atoms with Crippen molar-refractivity contribution in [2.75, 3.05) is 38.3 Å². The molecule has 0 bridgehead atoms. The summed E-state index contributed by atoms with van der Waals surface area (Å²) in [5, 5.41) is 3.38. The van der Waals surface area contributed by atoms with Gasteiger partial charge in [-0.3, -0.25) is 9.59 Å². The third-order valence-corrected chi connectivity index (χ3v) is 5.03. The van der Waals surface area contributed by atoms with Gasteiger partial charge in [0.15, 0.2) is 0 Å². The number of nitrogens with zero attached hydrogens (tertiary/aromatic N) is 1. The van der Waals surface area contributed by atoms with E-state index >= 15 is 0 Å². The molecular formula is C21H23ClN2O4. The number of hydrogen-bond donors (Lipinski definition) is 1. The number of esters is 1.